The van der Waals surface area contributed by atoms with Crippen molar-refractivity contribution in [2.24, 2.45) is 0 Å². The molecule has 2 amide bonds. The second-order valence-electron chi connectivity index (χ2n) is 4.53. The molecule has 7 nitrogen and oxygen atoms in total. The number of aromatic nitrogens is 2. The number of carbonyl (C=O) groups excluding carboxylic acids is 2. The molecule has 1 aromatic heterocycles. The fourth-order valence-corrected chi connectivity index (χ4v) is 1.66. The van der Waals surface area contributed by atoms with Crippen LogP contribution >= 0.6 is 0 Å². The van der Waals surface area contributed by atoms with Crippen molar-refractivity contribution in [2.75, 3.05) is 6.54 Å². The number of hydrogen-bond acceptors (Lipinski definition) is 5. The number of carbonyl (C=O) groups is 2. The van der Waals surface area contributed by atoms with Gasteiger partial charge in [-0.1, -0.05) is 5.16 Å². The van der Waals surface area contributed by atoms with Crippen LogP contribution < -0.4 is 10.6 Å². The Bertz CT molecular complexity index is 654. The molecule has 0 fully saturated rings. The van der Waals surface area contributed by atoms with Gasteiger partial charge in [0.2, 0.25) is 23.5 Å². The fourth-order valence-electron chi connectivity index (χ4n) is 1.66. The normalized spacial score (nSPS) is 10.3. The second kappa shape index (κ2) is 7.30. The third-order valence-electron chi connectivity index (χ3n) is 2.73. The highest BCUT2D eigenvalue weighted by molar-refractivity contribution is 5.77. The van der Waals surface area contributed by atoms with Crippen LogP contribution in [0.2, 0.25) is 0 Å². The molecular formula is C14H15FN4O3. The smallest absolute Gasteiger partial charge is 0.246 e. The van der Waals surface area contributed by atoms with Crippen LogP contribution in [0.5, 0.6) is 0 Å². The Kier molecular flexibility index (Phi) is 5.18. The number of hydrogen-bond donors (Lipinski definition) is 2. The van der Waals surface area contributed by atoms with E-state index < -0.39 is 0 Å². The van der Waals surface area contributed by atoms with Crippen LogP contribution in [-0.2, 0) is 16.1 Å². The summed E-state index contributed by atoms with van der Waals surface area (Å²) in [5.41, 5.74) is 0.619. The lowest BCUT2D eigenvalue weighted by Crippen LogP contribution is -2.29. The van der Waals surface area contributed by atoms with Gasteiger partial charge in [0.15, 0.2) is 0 Å². The summed E-state index contributed by atoms with van der Waals surface area (Å²) in [4.78, 5) is 26.3. The van der Waals surface area contributed by atoms with Crippen molar-refractivity contribution in [3.8, 4) is 11.4 Å². The maximum Gasteiger partial charge on any atom is 0.246 e. The lowest BCUT2D eigenvalue weighted by Gasteiger charge is -2.02. The lowest BCUT2D eigenvalue weighted by atomic mass is 10.2. The van der Waals surface area contributed by atoms with Gasteiger partial charge in [-0.05, 0) is 24.3 Å². The van der Waals surface area contributed by atoms with E-state index in [1.165, 1.54) is 31.2 Å². The van der Waals surface area contributed by atoms with Crippen molar-refractivity contribution in [3.63, 3.8) is 0 Å². The van der Waals surface area contributed by atoms with Gasteiger partial charge in [-0.25, -0.2) is 4.39 Å². The van der Waals surface area contributed by atoms with Crippen molar-refractivity contribution in [2.45, 2.75) is 19.9 Å². The number of benzene rings is 1. The highest BCUT2D eigenvalue weighted by Gasteiger charge is 2.10. The summed E-state index contributed by atoms with van der Waals surface area (Å²) in [7, 11) is 0. The molecule has 2 N–H and O–H groups in total. The van der Waals surface area contributed by atoms with Crippen LogP contribution in [-0.4, -0.2) is 28.5 Å². The molecular weight excluding hydrogens is 291 g/mol. The lowest BCUT2D eigenvalue weighted by molar-refractivity contribution is -0.121. The molecule has 8 heteroatoms. The van der Waals surface area contributed by atoms with E-state index in [9.17, 15) is 14.0 Å². The van der Waals surface area contributed by atoms with Gasteiger partial charge < -0.3 is 15.2 Å². The van der Waals surface area contributed by atoms with Crippen LogP contribution in [0.15, 0.2) is 28.8 Å². The molecule has 1 aromatic carbocycles. The Morgan fingerprint density at radius 2 is 1.95 bits per heavy atom. The average Bonchev–Trinajstić information content (AvgIpc) is 2.94. The summed E-state index contributed by atoms with van der Waals surface area (Å²) in [5.74, 6) is -0.211. The van der Waals surface area contributed by atoms with Crippen LogP contribution in [0, 0.1) is 5.82 Å². The molecule has 0 saturated heterocycles. The number of rotatable bonds is 6. The van der Waals surface area contributed by atoms with E-state index >= 15 is 0 Å². The summed E-state index contributed by atoms with van der Waals surface area (Å²) in [6.45, 7) is 1.74. The summed E-state index contributed by atoms with van der Waals surface area (Å²) < 4.78 is 17.8. The van der Waals surface area contributed by atoms with E-state index in [-0.39, 0.29) is 43.0 Å². The molecule has 0 bridgehead atoms. The highest BCUT2D eigenvalue weighted by atomic mass is 19.1. The standard InChI is InChI=1S/C14H15FN4O3/c1-9(20)16-7-6-12(21)17-8-13-18-14(19-22-13)10-2-4-11(15)5-3-10/h2-5H,6-8H2,1H3,(H,16,20)(H,17,21). The fraction of sp³-hybridized carbons (Fsp3) is 0.286. The van der Waals surface area contributed by atoms with Crippen LogP contribution in [0.25, 0.3) is 11.4 Å². The van der Waals surface area contributed by atoms with E-state index in [1.807, 2.05) is 0 Å². The third-order valence-corrected chi connectivity index (χ3v) is 2.73. The third kappa shape index (κ3) is 4.65. The molecule has 116 valence electrons. The zero-order chi connectivity index (χ0) is 15.9. The zero-order valence-electron chi connectivity index (χ0n) is 11.9. The maximum absolute atomic E-state index is 12.8. The Hall–Kier alpha value is -2.77. The van der Waals surface area contributed by atoms with Gasteiger partial charge in [-0.15, -0.1) is 0 Å². The molecule has 0 aliphatic rings. The molecule has 0 atom stereocenters. The van der Waals surface area contributed by atoms with Gasteiger partial charge in [0.1, 0.15) is 5.82 Å². The summed E-state index contributed by atoms with van der Waals surface area (Å²) >= 11 is 0. The SMILES string of the molecule is CC(=O)NCCC(=O)NCc1nc(-c2ccc(F)cc2)no1. The van der Waals surface area contributed by atoms with E-state index in [0.717, 1.165) is 0 Å². The minimum atomic E-state index is -0.348. The Labute approximate surface area is 125 Å². The maximum atomic E-state index is 12.8. The predicted molar refractivity (Wildman–Crippen MR) is 74.8 cm³/mol. The van der Waals surface area contributed by atoms with Crippen molar-refractivity contribution in [1.29, 1.82) is 0 Å². The second-order valence-corrected chi connectivity index (χ2v) is 4.53. The first-order valence-electron chi connectivity index (χ1n) is 6.64. The quantitative estimate of drug-likeness (QED) is 0.830. The number of nitrogens with one attached hydrogen (secondary N) is 2. The van der Waals surface area contributed by atoms with Crippen molar-refractivity contribution >= 4 is 11.8 Å². The van der Waals surface area contributed by atoms with Gasteiger partial charge in [0.05, 0.1) is 6.54 Å². The van der Waals surface area contributed by atoms with Gasteiger partial charge in [-0.3, -0.25) is 9.59 Å². The van der Waals surface area contributed by atoms with E-state index in [2.05, 4.69) is 20.8 Å². The van der Waals surface area contributed by atoms with Gasteiger partial charge in [0.25, 0.3) is 0 Å². The van der Waals surface area contributed by atoms with Crippen molar-refractivity contribution in [3.05, 3.63) is 36.0 Å². The Balaban J connectivity index is 1.83. The molecule has 22 heavy (non-hydrogen) atoms. The van der Waals surface area contributed by atoms with Crippen LogP contribution in [0.1, 0.15) is 19.2 Å². The van der Waals surface area contributed by atoms with E-state index in [1.54, 1.807) is 0 Å². The first-order valence-corrected chi connectivity index (χ1v) is 6.64. The minimum Gasteiger partial charge on any atom is -0.356 e. The van der Waals surface area contributed by atoms with E-state index in [0.29, 0.717) is 11.4 Å². The predicted octanol–water partition coefficient (Wildman–Crippen LogP) is 1.02. The van der Waals surface area contributed by atoms with Gasteiger partial charge >= 0.3 is 0 Å². The highest BCUT2D eigenvalue weighted by Crippen LogP contribution is 2.15. The Morgan fingerprint density at radius 1 is 1.23 bits per heavy atom. The van der Waals surface area contributed by atoms with E-state index in [4.69, 9.17) is 4.52 Å². The summed E-state index contributed by atoms with van der Waals surface area (Å²) in [6.07, 6.45) is 0.165. The molecule has 0 unspecified atom stereocenters. The first-order chi connectivity index (χ1) is 10.5. The molecule has 0 aliphatic carbocycles. The average molecular weight is 306 g/mol. The molecule has 2 aromatic rings. The van der Waals surface area contributed by atoms with Crippen molar-refractivity contribution in [1.82, 2.24) is 20.8 Å². The Morgan fingerprint density at radius 3 is 2.64 bits per heavy atom. The molecule has 0 spiro atoms. The minimum absolute atomic E-state index is 0.0904. The van der Waals surface area contributed by atoms with Gasteiger partial charge in [-0.2, -0.15) is 4.98 Å². The molecule has 0 saturated carbocycles. The first kappa shape index (κ1) is 15.6. The molecule has 0 radical (unpaired) electrons. The number of nitrogens with zero attached hydrogens (tertiary/aromatic N) is 2. The number of halogens is 1. The monoisotopic (exact) mass is 306 g/mol. The van der Waals surface area contributed by atoms with Crippen LogP contribution in [0.3, 0.4) is 0 Å². The number of amides is 2. The van der Waals surface area contributed by atoms with Gasteiger partial charge in [0, 0.05) is 25.5 Å². The molecule has 2 rings (SSSR count). The van der Waals surface area contributed by atoms with Crippen LogP contribution in [0.4, 0.5) is 4.39 Å². The van der Waals surface area contributed by atoms with Crippen molar-refractivity contribution < 1.29 is 18.5 Å². The topological polar surface area (TPSA) is 97.1 Å². The summed E-state index contributed by atoms with van der Waals surface area (Å²) in [5, 5.41) is 8.89. The molecule has 1 heterocycles. The zero-order valence-corrected chi connectivity index (χ0v) is 11.9. The molecule has 0 aliphatic heterocycles. The summed E-state index contributed by atoms with van der Waals surface area (Å²) in [6, 6.07) is 5.68. The largest absolute Gasteiger partial charge is 0.356 e.